The number of aryl methyl sites for hydroxylation is 2. The third kappa shape index (κ3) is 3.71. The lowest BCUT2D eigenvalue weighted by Gasteiger charge is -2.26. The summed E-state index contributed by atoms with van der Waals surface area (Å²) in [6, 6.07) is 8.20. The lowest BCUT2D eigenvalue weighted by Crippen LogP contribution is -2.32. The molecule has 2 aromatic heterocycles. The summed E-state index contributed by atoms with van der Waals surface area (Å²) in [6.07, 6.45) is 3.79. The number of pyridine rings is 1. The summed E-state index contributed by atoms with van der Waals surface area (Å²) in [5.41, 5.74) is 5.26. The summed E-state index contributed by atoms with van der Waals surface area (Å²) in [7, 11) is 0. The van der Waals surface area contributed by atoms with E-state index in [0.29, 0.717) is 19.4 Å². The van der Waals surface area contributed by atoms with Gasteiger partial charge in [-0.15, -0.1) is 0 Å². The minimum Gasteiger partial charge on any atom is -0.493 e. The standard InChI is InChI=1S/C23H28N4O2/c1-14(2)27-23-19(13-24-27)15(3)17(16(4)25-23)9-10-22(28)26-20-11-12-29-21-8-6-5-7-18(20)21/h5-8,13-14,20H,9-12H2,1-4H3,(H,26,28). The predicted molar refractivity (Wildman–Crippen MR) is 113 cm³/mol. The fraction of sp³-hybridized carbons (Fsp3) is 0.435. The molecule has 3 heterocycles. The van der Waals surface area contributed by atoms with E-state index < -0.39 is 0 Å². The number of ether oxygens (including phenoxy) is 1. The number of benzene rings is 1. The van der Waals surface area contributed by atoms with E-state index in [1.54, 1.807) is 0 Å². The molecule has 0 radical (unpaired) electrons. The molecule has 1 aromatic carbocycles. The monoisotopic (exact) mass is 392 g/mol. The average molecular weight is 393 g/mol. The predicted octanol–water partition coefficient (Wildman–Crippen LogP) is 4.20. The normalized spacial score (nSPS) is 16.0. The number of rotatable bonds is 5. The third-order valence-electron chi connectivity index (χ3n) is 5.72. The number of nitrogens with one attached hydrogen (secondary N) is 1. The first-order valence-electron chi connectivity index (χ1n) is 10.3. The molecule has 152 valence electrons. The zero-order chi connectivity index (χ0) is 20.5. The summed E-state index contributed by atoms with van der Waals surface area (Å²) in [6.45, 7) is 8.95. The van der Waals surface area contributed by atoms with Gasteiger partial charge in [0.15, 0.2) is 5.65 Å². The summed E-state index contributed by atoms with van der Waals surface area (Å²) in [4.78, 5) is 17.5. The van der Waals surface area contributed by atoms with Gasteiger partial charge in [0.05, 0.1) is 18.8 Å². The lowest BCUT2D eigenvalue weighted by atomic mass is 9.98. The van der Waals surface area contributed by atoms with Gasteiger partial charge in [0, 0.05) is 35.5 Å². The van der Waals surface area contributed by atoms with Gasteiger partial charge in [0.25, 0.3) is 0 Å². The van der Waals surface area contributed by atoms with Gasteiger partial charge in [-0.25, -0.2) is 9.67 Å². The van der Waals surface area contributed by atoms with Crippen molar-refractivity contribution in [2.45, 2.75) is 59.0 Å². The molecule has 29 heavy (non-hydrogen) atoms. The van der Waals surface area contributed by atoms with Crippen LogP contribution in [0.1, 0.15) is 61.2 Å². The third-order valence-corrected chi connectivity index (χ3v) is 5.72. The van der Waals surface area contributed by atoms with Crippen molar-refractivity contribution in [1.82, 2.24) is 20.1 Å². The Morgan fingerprint density at radius 2 is 2.10 bits per heavy atom. The van der Waals surface area contributed by atoms with Gasteiger partial charge in [-0.05, 0) is 51.3 Å². The molecule has 6 nitrogen and oxygen atoms in total. The second-order valence-electron chi connectivity index (χ2n) is 8.02. The first kappa shape index (κ1) is 19.4. The SMILES string of the molecule is Cc1nc2c(cnn2C(C)C)c(C)c1CCC(=O)NC1CCOc2ccccc21. The van der Waals surface area contributed by atoms with Crippen molar-refractivity contribution in [3.05, 3.63) is 52.8 Å². The second kappa shape index (κ2) is 7.85. The Morgan fingerprint density at radius 1 is 1.31 bits per heavy atom. The number of carbonyl (C=O) groups is 1. The van der Waals surface area contributed by atoms with Crippen LogP contribution in [0, 0.1) is 13.8 Å². The van der Waals surface area contributed by atoms with Crippen LogP contribution in [0.3, 0.4) is 0 Å². The molecule has 0 spiro atoms. The van der Waals surface area contributed by atoms with Gasteiger partial charge in [-0.2, -0.15) is 5.10 Å². The van der Waals surface area contributed by atoms with E-state index in [1.165, 1.54) is 5.56 Å². The molecule has 4 rings (SSSR count). The van der Waals surface area contributed by atoms with Crippen molar-refractivity contribution in [2.24, 2.45) is 0 Å². The van der Waals surface area contributed by atoms with Crippen molar-refractivity contribution in [2.75, 3.05) is 6.61 Å². The zero-order valence-electron chi connectivity index (χ0n) is 17.5. The van der Waals surface area contributed by atoms with E-state index >= 15 is 0 Å². The van der Waals surface area contributed by atoms with Crippen molar-refractivity contribution in [3.63, 3.8) is 0 Å². The average Bonchev–Trinajstić information content (AvgIpc) is 3.12. The van der Waals surface area contributed by atoms with Gasteiger partial charge < -0.3 is 10.1 Å². The van der Waals surface area contributed by atoms with Crippen molar-refractivity contribution < 1.29 is 9.53 Å². The van der Waals surface area contributed by atoms with Gasteiger partial charge >= 0.3 is 0 Å². The van der Waals surface area contributed by atoms with E-state index in [-0.39, 0.29) is 18.0 Å². The smallest absolute Gasteiger partial charge is 0.220 e. The summed E-state index contributed by atoms with van der Waals surface area (Å²) in [5.74, 6) is 0.927. The lowest BCUT2D eigenvalue weighted by molar-refractivity contribution is -0.122. The van der Waals surface area contributed by atoms with Gasteiger partial charge in [-0.3, -0.25) is 4.79 Å². The minimum absolute atomic E-state index is 0.0134. The molecule has 1 unspecified atom stereocenters. The Hall–Kier alpha value is -2.89. The fourth-order valence-electron chi connectivity index (χ4n) is 4.14. The Kier molecular flexibility index (Phi) is 5.26. The maximum atomic E-state index is 12.7. The first-order valence-corrected chi connectivity index (χ1v) is 10.3. The van der Waals surface area contributed by atoms with Crippen molar-refractivity contribution >= 4 is 16.9 Å². The Labute approximate surface area is 171 Å². The molecule has 0 bridgehead atoms. The number of fused-ring (bicyclic) bond motifs is 2. The number of hydrogen-bond donors (Lipinski definition) is 1. The highest BCUT2D eigenvalue weighted by atomic mass is 16.5. The molecule has 1 aliphatic heterocycles. The Balaban J connectivity index is 1.48. The summed E-state index contributed by atoms with van der Waals surface area (Å²) in [5, 5.41) is 8.75. The number of para-hydroxylation sites is 1. The summed E-state index contributed by atoms with van der Waals surface area (Å²) < 4.78 is 7.64. The van der Waals surface area contributed by atoms with Crippen molar-refractivity contribution in [1.29, 1.82) is 0 Å². The molecular weight excluding hydrogens is 364 g/mol. The number of amides is 1. The zero-order valence-corrected chi connectivity index (χ0v) is 17.5. The first-order chi connectivity index (χ1) is 14.0. The molecule has 1 amide bonds. The Morgan fingerprint density at radius 3 is 2.90 bits per heavy atom. The van der Waals surface area contributed by atoms with Crippen molar-refractivity contribution in [3.8, 4) is 5.75 Å². The van der Waals surface area contributed by atoms with Crippen LogP contribution in [0.4, 0.5) is 0 Å². The largest absolute Gasteiger partial charge is 0.493 e. The number of carbonyl (C=O) groups excluding carboxylic acids is 1. The molecule has 1 aliphatic rings. The molecule has 0 saturated carbocycles. The van der Waals surface area contributed by atoms with Crippen LogP contribution in [0.25, 0.3) is 11.0 Å². The van der Waals surface area contributed by atoms with E-state index in [2.05, 4.69) is 31.2 Å². The van der Waals surface area contributed by atoms with Gasteiger partial charge in [0.2, 0.25) is 5.91 Å². The maximum Gasteiger partial charge on any atom is 0.220 e. The van der Waals surface area contributed by atoms with Crippen LogP contribution >= 0.6 is 0 Å². The fourth-order valence-corrected chi connectivity index (χ4v) is 4.14. The topological polar surface area (TPSA) is 69.0 Å². The summed E-state index contributed by atoms with van der Waals surface area (Å²) >= 11 is 0. The second-order valence-corrected chi connectivity index (χ2v) is 8.02. The highest BCUT2D eigenvalue weighted by molar-refractivity contribution is 5.81. The van der Waals surface area contributed by atoms with Gasteiger partial charge in [0.1, 0.15) is 5.75 Å². The molecule has 0 fully saturated rings. The number of hydrogen-bond acceptors (Lipinski definition) is 4. The molecule has 6 heteroatoms. The molecular formula is C23H28N4O2. The molecule has 0 aliphatic carbocycles. The van der Waals surface area contributed by atoms with E-state index in [0.717, 1.165) is 40.0 Å². The molecule has 1 atom stereocenters. The highest BCUT2D eigenvalue weighted by Crippen LogP contribution is 2.31. The van der Waals surface area contributed by atoms with Crippen LogP contribution in [-0.2, 0) is 11.2 Å². The molecule has 0 saturated heterocycles. The highest BCUT2D eigenvalue weighted by Gasteiger charge is 2.23. The van der Waals surface area contributed by atoms with Crippen LogP contribution in [0.5, 0.6) is 5.75 Å². The van der Waals surface area contributed by atoms with Gasteiger partial charge in [-0.1, -0.05) is 18.2 Å². The number of nitrogens with zero attached hydrogens (tertiary/aromatic N) is 3. The number of aromatic nitrogens is 3. The Bertz CT molecular complexity index is 1050. The van der Waals surface area contributed by atoms with Crippen LogP contribution in [-0.4, -0.2) is 27.3 Å². The van der Waals surface area contributed by atoms with Crippen LogP contribution in [0.2, 0.25) is 0 Å². The quantitative estimate of drug-likeness (QED) is 0.706. The van der Waals surface area contributed by atoms with Crippen LogP contribution < -0.4 is 10.1 Å². The van der Waals surface area contributed by atoms with E-state index in [1.807, 2.05) is 42.1 Å². The van der Waals surface area contributed by atoms with E-state index in [4.69, 9.17) is 9.72 Å². The molecule has 1 N–H and O–H groups in total. The minimum atomic E-state index is 0.0134. The van der Waals surface area contributed by atoms with E-state index in [9.17, 15) is 4.79 Å². The maximum absolute atomic E-state index is 12.7. The molecule has 3 aromatic rings. The van der Waals surface area contributed by atoms with Crippen LogP contribution in [0.15, 0.2) is 30.5 Å².